The second-order valence-corrected chi connectivity index (χ2v) is 11.6. The van der Waals surface area contributed by atoms with Crippen molar-refractivity contribution in [2.45, 2.75) is 44.9 Å². The fourth-order valence-corrected chi connectivity index (χ4v) is 6.70. The number of fused-ring (bicyclic) bond motifs is 5. The van der Waals surface area contributed by atoms with Crippen LogP contribution in [0.4, 0.5) is 8.78 Å². The van der Waals surface area contributed by atoms with Crippen molar-refractivity contribution in [3.8, 4) is 17.2 Å². The Balaban J connectivity index is 1.28. The van der Waals surface area contributed by atoms with Crippen molar-refractivity contribution in [1.82, 2.24) is 34.9 Å². The van der Waals surface area contributed by atoms with Crippen LogP contribution in [0.2, 0.25) is 0 Å². The van der Waals surface area contributed by atoms with Crippen LogP contribution in [0, 0.1) is 22.5 Å². The van der Waals surface area contributed by atoms with Gasteiger partial charge in [0.25, 0.3) is 5.95 Å². The summed E-state index contributed by atoms with van der Waals surface area (Å²) in [6.07, 6.45) is 9.05. The van der Waals surface area contributed by atoms with Gasteiger partial charge in [0.1, 0.15) is 18.0 Å². The zero-order valence-corrected chi connectivity index (χ0v) is 21.9. The van der Waals surface area contributed by atoms with E-state index in [4.69, 9.17) is 9.72 Å². The average molecular weight is 528 g/mol. The molecule has 4 aromatic rings. The van der Waals surface area contributed by atoms with Crippen LogP contribution in [0.1, 0.15) is 62.3 Å². The Morgan fingerprint density at radius 1 is 1.05 bits per heavy atom. The van der Waals surface area contributed by atoms with Gasteiger partial charge >= 0.3 is 0 Å². The van der Waals surface area contributed by atoms with Gasteiger partial charge in [-0.05, 0) is 60.1 Å². The Kier molecular flexibility index (Phi) is 5.13. The minimum Gasteiger partial charge on any atom is -0.379 e. The lowest BCUT2D eigenvalue weighted by Crippen LogP contribution is -2.38. The first-order valence-corrected chi connectivity index (χ1v) is 13.1. The molecule has 1 aliphatic heterocycles. The number of nitrogens with zero attached hydrogens (tertiary/aromatic N) is 7. The minimum absolute atomic E-state index is 0.0143. The maximum Gasteiger partial charge on any atom is 0.252 e. The number of hydrogen-bond acceptors (Lipinski definition) is 7. The molecular weight excluding hydrogens is 500 g/mol. The number of rotatable bonds is 5. The molecule has 0 unspecified atom stereocenters. The van der Waals surface area contributed by atoms with Gasteiger partial charge in [0, 0.05) is 11.6 Å². The molecule has 2 aliphatic carbocycles. The average Bonchev–Trinajstić information content (AvgIpc) is 3.54. The number of halogens is 2. The summed E-state index contributed by atoms with van der Waals surface area (Å²) in [4.78, 5) is 13.8. The normalized spacial score (nSPS) is 24.2. The number of ether oxygens (including phenoxy) is 1. The van der Waals surface area contributed by atoms with Crippen LogP contribution in [0.3, 0.4) is 0 Å². The van der Waals surface area contributed by atoms with Gasteiger partial charge in [-0.1, -0.05) is 32.9 Å². The Bertz CT molecular complexity index is 1620. The molecule has 198 valence electrons. The van der Waals surface area contributed by atoms with E-state index in [1.165, 1.54) is 18.2 Å². The van der Waals surface area contributed by atoms with E-state index in [0.29, 0.717) is 25.0 Å². The first kappa shape index (κ1) is 24.1. The van der Waals surface area contributed by atoms with E-state index >= 15 is 0 Å². The van der Waals surface area contributed by atoms with Gasteiger partial charge in [0.2, 0.25) is 0 Å². The first-order chi connectivity index (χ1) is 18.7. The number of benzene rings is 1. The van der Waals surface area contributed by atoms with Crippen LogP contribution in [0.15, 0.2) is 48.9 Å². The molecule has 3 aromatic heterocycles. The van der Waals surface area contributed by atoms with E-state index in [1.807, 2.05) is 18.2 Å². The molecule has 2 atom stereocenters. The maximum atomic E-state index is 14.6. The standard InChI is InChI=1S/C29H27F2N7O/c1-27(2)18-7-11-29(27,25-17(18)13-21(35-36-25)24-19(30)5-4-6-20(24)31)22-9-12-32-26(34-22)38-16-33-23(37-38)8-10-28(3)14-39-15-28/h4-6,8-10,12-13,16,18H,7,11,14-15H2,1-3H3/b10-8+/t18-,29-/m0/s1. The quantitative estimate of drug-likeness (QED) is 0.359. The highest BCUT2D eigenvalue weighted by atomic mass is 19.1. The zero-order valence-electron chi connectivity index (χ0n) is 21.9. The summed E-state index contributed by atoms with van der Waals surface area (Å²) < 4.78 is 36.0. The van der Waals surface area contributed by atoms with Crippen LogP contribution in [-0.4, -0.2) is 48.1 Å². The zero-order chi connectivity index (χ0) is 27.0. The van der Waals surface area contributed by atoms with Crippen molar-refractivity contribution in [2.24, 2.45) is 10.8 Å². The third kappa shape index (κ3) is 3.43. The molecule has 8 nitrogen and oxygen atoms in total. The molecule has 1 saturated heterocycles. The smallest absolute Gasteiger partial charge is 0.252 e. The molecule has 2 fully saturated rings. The van der Waals surface area contributed by atoms with Crippen LogP contribution >= 0.6 is 0 Å². The van der Waals surface area contributed by atoms with Crippen molar-refractivity contribution < 1.29 is 13.5 Å². The maximum absolute atomic E-state index is 14.6. The highest BCUT2D eigenvalue weighted by molar-refractivity contribution is 5.64. The minimum atomic E-state index is -0.654. The molecule has 10 heteroatoms. The Labute approximate surface area is 224 Å². The van der Waals surface area contributed by atoms with E-state index in [2.05, 4.69) is 52.1 Å². The number of hydrogen-bond donors (Lipinski definition) is 0. The van der Waals surface area contributed by atoms with Crippen molar-refractivity contribution >= 4 is 6.08 Å². The summed E-state index contributed by atoms with van der Waals surface area (Å²) in [6.45, 7) is 7.93. The summed E-state index contributed by atoms with van der Waals surface area (Å²) in [5.74, 6) is -0.174. The largest absolute Gasteiger partial charge is 0.379 e. The summed E-state index contributed by atoms with van der Waals surface area (Å²) in [5, 5.41) is 13.5. The van der Waals surface area contributed by atoms with E-state index in [1.54, 1.807) is 17.2 Å². The molecule has 4 heterocycles. The van der Waals surface area contributed by atoms with Crippen LogP contribution in [-0.2, 0) is 10.2 Å². The fraction of sp³-hybridized carbons (Fsp3) is 0.379. The monoisotopic (exact) mass is 527 g/mol. The third-order valence-electron chi connectivity index (χ3n) is 8.89. The lowest BCUT2D eigenvalue weighted by molar-refractivity contribution is -0.0703. The lowest BCUT2D eigenvalue weighted by Gasteiger charge is -2.37. The predicted molar refractivity (Wildman–Crippen MR) is 139 cm³/mol. The molecule has 2 bridgehead atoms. The second-order valence-electron chi connectivity index (χ2n) is 11.6. The second kappa shape index (κ2) is 8.29. The van der Waals surface area contributed by atoms with E-state index < -0.39 is 17.0 Å². The Morgan fingerprint density at radius 2 is 1.85 bits per heavy atom. The topological polar surface area (TPSA) is 91.5 Å². The van der Waals surface area contributed by atoms with Gasteiger partial charge in [-0.25, -0.2) is 23.7 Å². The van der Waals surface area contributed by atoms with Crippen LogP contribution in [0.5, 0.6) is 0 Å². The SMILES string of the molecule is CC1(/C=C/c2ncn(-c3nccc([C@@]45CC[C@@H](c6cc(-c7c(F)cccc7F)nnc64)C5(C)C)n3)n2)COC1. The molecule has 0 N–H and O–H groups in total. The van der Waals surface area contributed by atoms with Crippen LogP contribution in [0.25, 0.3) is 23.3 Å². The number of aromatic nitrogens is 7. The van der Waals surface area contributed by atoms with Crippen LogP contribution < -0.4 is 0 Å². The summed E-state index contributed by atoms with van der Waals surface area (Å²) in [5.41, 5.74) is 1.90. The highest BCUT2D eigenvalue weighted by Gasteiger charge is 2.65. The van der Waals surface area contributed by atoms with E-state index in [9.17, 15) is 8.78 Å². The fourth-order valence-electron chi connectivity index (χ4n) is 6.70. The Morgan fingerprint density at radius 3 is 2.59 bits per heavy atom. The van der Waals surface area contributed by atoms with Gasteiger partial charge in [0.05, 0.1) is 41.3 Å². The molecule has 1 saturated carbocycles. The molecular formula is C29H27F2N7O. The van der Waals surface area contributed by atoms with E-state index in [-0.39, 0.29) is 28.0 Å². The summed E-state index contributed by atoms with van der Waals surface area (Å²) in [6, 6.07) is 7.55. The summed E-state index contributed by atoms with van der Waals surface area (Å²) in [7, 11) is 0. The van der Waals surface area contributed by atoms with Gasteiger partial charge in [-0.2, -0.15) is 9.78 Å². The van der Waals surface area contributed by atoms with Crippen molar-refractivity contribution in [3.05, 3.63) is 83.3 Å². The summed E-state index contributed by atoms with van der Waals surface area (Å²) >= 11 is 0. The molecule has 7 rings (SSSR count). The predicted octanol–water partition coefficient (Wildman–Crippen LogP) is 5.05. The molecule has 0 spiro atoms. The molecule has 0 amide bonds. The third-order valence-corrected chi connectivity index (χ3v) is 8.89. The molecule has 1 aromatic carbocycles. The van der Waals surface area contributed by atoms with E-state index in [0.717, 1.165) is 29.8 Å². The molecule has 0 radical (unpaired) electrons. The van der Waals surface area contributed by atoms with Crippen molar-refractivity contribution in [2.75, 3.05) is 13.2 Å². The molecule has 39 heavy (non-hydrogen) atoms. The van der Waals surface area contributed by atoms with Gasteiger partial charge in [-0.15, -0.1) is 10.2 Å². The highest BCUT2D eigenvalue weighted by Crippen LogP contribution is 2.69. The van der Waals surface area contributed by atoms with Crippen molar-refractivity contribution in [3.63, 3.8) is 0 Å². The van der Waals surface area contributed by atoms with Gasteiger partial charge < -0.3 is 4.74 Å². The molecule has 3 aliphatic rings. The Hall–Kier alpha value is -3.92. The van der Waals surface area contributed by atoms with Gasteiger partial charge in [0.15, 0.2) is 5.82 Å². The van der Waals surface area contributed by atoms with Gasteiger partial charge in [-0.3, -0.25) is 0 Å². The van der Waals surface area contributed by atoms with Crippen molar-refractivity contribution in [1.29, 1.82) is 0 Å². The lowest BCUT2D eigenvalue weighted by atomic mass is 9.66. The first-order valence-electron chi connectivity index (χ1n) is 13.1.